The number of benzene rings is 1. The highest BCUT2D eigenvalue weighted by molar-refractivity contribution is 7.98. The van der Waals surface area contributed by atoms with Gasteiger partial charge in [0.25, 0.3) is 0 Å². The molecular weight excluding hydrogens is 340 g/mol. The summed E-state index contributed by atoms with van der Waals surface area (Å²) in [5.41, 5.74) is 0.800. The van der Waals surface area contributed by atoms with Gasteiger partial charge in [-0.2, -0.15) is 9.67 Å². The average molecular weight is 360 g/mol. The van der Waals surface area contributed by atoms with E-state index in [1.54, 1.807) is 4.68 Å². The van der Waals surface area contributed by atoms with E-state index in [9.17, 15) is 0 Å². The van der Waals surface area contributed by atoms with Gasteiger partial charge in [0.05, 0.1) is 12.4 Å². The monoisotopic (exact) mass is 360 g/mol. The Bertz CT molecular complexity index is 803. The lowest BCUT2D eigenvalue weighted by Gasteiger charge is -2.10. The van der Waals surface area contributed by atoms with Crippen LogP contribution in [-0.4, -0.2) is 37.0 Å². The molecular formula is C16H20N6O2S. The first kappa shape index (κ1) is 17.4. The molecule has 0 atom stereocenters. The minimum Gasteiger partial charge on any atom is -0.492 e. The van der Waals surface area contributed by atoms with Gasteiger partial charge in [-0.3, -0.25) is 0 Å². The van der Waals surface area contributed by atoms with Crippen molar-refractivity contribution in [2.24, 2.45) is 0 Å². The van der Waals surface area contributed by atoms with Crippen molar-refractivity contribution in [2.45, 2.75) is 44.0 Å². The molecule has 8 nitrogen and oxygen atoms in total. The van der Waals surface area contributed by atoms with Crippen LogP contribution < -0.4 is 4.74 Å². The second kappa shape index (κ2) is 8.61. The molecule has 0 spiro atoms. The predicted molar refractivity (Wildman–Crippen MR) is 92.8 cm³/mol. The minimum atomic E-state index is 0.535. The first-order valence-electron chi connectivity index (χ1n) is 8.26. The fourth-order valence-corrected chi connectivity index (χ4v) is 2.96. The summed E-state index contributed by atoms with van der Waals surface area (Å²) < 4.78 is 12.6. The van der Waals surface area contributed by atoms with Gasteiger partial charge in [0.2, 0.25) is 11.0 Å². The summed E-state index contributed by atoms with van der Waals surface area (Å²) >= 11 is 1.45. The van der Waals surface area contributed by atoms with Crippen LogP contribution in [0.4, 0.5) is 0 Å². The van der Waals surface area contributed by atoms with Crippen LogP contribution in [0.1, 0.15) is 38.4 Å². The molecule has 0 radical (unpaired) electrons. The van der Waals surface area contributed by atoms with Gasteiger partial charge in [-0.05, 0) is 35.9 Å². The number of para-hydroxylation sites is 2. The Kier molecular flexibility index (Phi) is 5.99. The summed E-state index contributed by atoms with van der Waals surface area (Å²) in [6, 6.07) is 7.66. The van der Waals surface area contributed by atoms with Crippen molar-refractivity contribution >= 4 is 11.8 Å². The van der Waals surface area contributed by atoms with E-state index in [1.807, 2.05) is 31.2 Å². The van der Waals surface area contributed by atoms with E-state index in [2.05, 4.69) is 32.6 Å². The molecule has 0 aliphatic heterocycles. The van der Waals surface area contributed by atoms with Gasteiger partial charge in [-0.25, -0.2) is 0 Å². The number of hydrogen-bond donors (Lipinski definition) is 0. The predicted octanol–water partition coefficient (Wildman–Crippen LogP) is 3.08. The summed E-state index contributed by atoms with van der Waals surface area (Å²) in [4.78, 5) is 4.40. The molecule has 0 saturated heterocycles. The zero-order chi connectivity index (χ0) is 17.5. The molecule has 132 valence electrons. The van der Waals surface area contributed by atoms with Crippen molar-refractivity contribution in [2.75, 3.05) is 6.61 Å². The van der Waals surface area contributed by atoms with Crippen molar-refractivity contribution in [1.82, 2.24) is 30.3 Å². The largest absolute Gasteiger partial charge is 0.492 e. The number of thioether (sulfide) groups is 1. The lowest BCUT2D eigenvalue weighted by molar-refractivity contribution is 0.337. The third-order valence-electron chi connectivity index (χ3n) is 3.42. The van der Waals surface area contributed by atoms with Gasteiger partial charge < -0.3 is 9.26 Å². The molecule has 0 N–H and O–H groups in total. The van der Waals surface area contributed by atoms with Crippen LogP contribution in [0.5, 0.6) is 5.75 Å². The maximum absolute atomic E-state index is 5.65. The van der Waals surface area contributed by atoms with E-state index in [4.69, 9.17) is 9.26 Å². The van der Waals surface area contributed by atoms with Crippen molar-refractivity contribution in [3.8, 4) is 11.4 Å². The fourth-order valence-electron chi connectivity index (χ4n) is 2.24. The summed E-state index contributed by atoms with van der Waals surface area (Å²) in [5.74, 6) is 2.59. The zero-order valence-corrected chi connectivity index (χ0v) is 15.1. The van der Waals surface area contributed by atoms with Gasteiger partial charge in [0, 0.05) is 6.42 Å². The molecule has 3 aromatic rings. The number of unbranched alkanes of at least 4 members (excludes halogenated alkanes) is 1. The number of aromatic nitrogens is 6. The number of tetrazole rings is 1. The molecule has 0 fully saturated rings. The third kappa shape index (κ3) is 4.36. The number of nitrogens with zero attached hydrogens (tertiary/aromatic N) is 6. The van der Waals surface area contributed by atoms with E-state index in [-0.39, 0.29) is 0 Å². The molecule has 2 aromatic heterocycles. The van der Waals surface area contributed by atoms with Crippen LogP contribution in [0.15, 0.2) is 33.9 Å². The van der Waals surface area contributed by atoms with Crippen LogP contribution in [-0.2, 0) is 12.2 Å². The van der Waals surface area contributed by atoms with Crippen LogP contribution in [0.2, 0.25) is 0 Å². The minimum absolute atomic E-state index is 0.535. The first-order valence-corrected chi connectivity index (χ1v) is 9.25. The Labute approximate surface area is 150 Å². The molecule has 0 bridgehead atoms. The number of aryl methyl sites for hydroxylation is 1. The van der Waals surface area contributed by atoms with E-state index in [1.165, 1.54) is 11.8 Å². The highest BCUT2D eigenvalue weighted by Gasteiger charge is 2.15. The maximum Gasteiger partial charge on any atom is 0.226 e. The van der Waals surface area contributed by atoms with Crippen molar-refractivity contribution < 1.29 is 9.26 Å². The van der Waals surface area contributed by atoms with Gasteiger partial charge in [-0.1, -0.05) is 42.4 Å². The van der Waals surface area contributed by atoms with Crippen LogP contribution >= 0.6 is 11.8 Å². The lowest BCUT2D eigenvalue weighted by atomic mass is 10.2. The van der Waals surface area contributed by atoms with E-state index in [0.29, 0.717) is 29.2 Å². The van der Waals surface area contributed by atoms with Crippen molar-refractivity contribution in [3.63, 3.8) is 0 Å². The Morgan fingerprint density at radius 1 is 1.24 bits per heavy atom. The summed E-state index contributed by atoms with van der Waals surface area (Å²) in [7, 11) is 0. The quantitative estimate of drug-likeness (QED) is 0.538. The summed E-state index contributed by atoms with van der Waals surface area (Å²) in [6.07, 6.45) is 2.95. The van der Waals surface area contributed by atoms with Crippen LogP contribution in [0.25, 0.3) is 5.69 Å². The standard InChI is InChI=1S/C16H20N6O2S/c1-3-5-10-15-17-14(19-24-15)11-25-16-18-20-21-22(16)12-8-6-7-9-13(12)23-4-2/h6-9H,3-5,10-11H2,1-2H3. The molecule has 2 heterocycles. The highest BCUT2D eigenvalue weighted by Crippen LogP contribution is 2.27. The van der Waals surface area contributed by atoms with E-state index in [0.717, 1.165) is 30.7 Å². The molecule has 0 unspecified atom stereocenters. The lowest BCUT2D eigenvalue weighted by Crippen LogP contribution is -2.03. The zero-order valence-electron chi connectivity index (χ0n) is 14.3. The van der Waals surface area contributed by atoms with Crippen LogP contribution in [0, 0.1) is 0 Å². The second-order valence-electron chi connectivity index (χ2n) is 5.27. The Balaban J connectivity index is 1.71. The molecule has 25 heavy (non-hydrogen) atoms. The molecule has 9 heteroatoms. The second-order valence-corrected chi connectivity index (χ2v) is 6.21. The van der Waals surface area contributed by atoms with Gasteiger partial charge >= 0.3 is 0 Å². The van der Waals surface area contributed by atoms with Gasteiger partial charge in [0.15, 0.2) is 5.82 Å². The van der Waals surface area contributed by atoms with Gasteiger partial charge in [-0.15, -0.1) is 5.10 Å². The molecule has 0 amide bonds. The van der Waals surface area contributed by atoms with Crippen molar-refractivity contribution in [3.05, 3.63) is 36.0 Å². The fraction of sp³-hybridized carbons (Fsp3) is 0.438. The summed E-state index contributed by atoms with van der Waals surface area (Å²) in [5, 5.41) is 16.6. The molecule has 3 rings (SSSR count). The first-order chi connectivity index (χ1) is 12.3. The Morgan fingerprint density at radius 3 is 2.96 bits per heavy atom. The number of rotatable bonds is 9. The normalized spacial score (nSPS) is 11.0. The molecule has 0 aliphatic rings. The number of ether oxygens (including phenoxy) is 1. The Morgan fingerprint density at radius 2 is 2.12 bits per heavy atom. The van der Waals surface area contributed by atoms with Crippen LogP contribution in [0.3, 0.4) is 0 Å². The molecule has 1 aromatic carbocycles. The van der Waals surface area contributed by atoms with E-state index >= 15 is 0 Å². The maximum atomic E-state index is 5.65. The smallest absolute Gasteiger partial charge is 0.226 e. The SMILES string of the molecule is CCCCc1nc(CSc2nnnn2-c2ccccc2OCC)no1. The third-order valence-corrected chi connectivity index (χ3v) is 4.33. The highest BCUT2D eigenvalue weighted by atomic mass is 32.2. The van der Waals surface area contributed by atoms with E-state index < -0.39 is 0 Å². The Hall–Kier alpha value is -2.42. The topological polar surface area (TPSA) is 91.8 Å². The summed E-state index contributed by atoms with van der Waals surface area (Å²) in [6.45, 7) is 4.65. The number of hydrogen-bond acceptors (Lipinski definition) is 8. The molecule has 0 aliphatic carbocycles. The molecule has 0 saturated carbocycles. The van der Waals surface area contributed by atoms with Gasteiger partial charge in [0.1, 0.15) is 11.4 Å². The van der Waals surface area contributed by atoms with Crippen molar-refractivity contribution in [1.29, 1.82) is 0 Å². The average Bonchev–Trinajstić information content (AvgIpc) is 3.28.